The van der Waals surface area contributed by atoms with E-state index in [1.165, 1.54) is 32.1 Å². The van der Waals surface area contributed by atoms with Crippen molar-refractivity contribution < 1.29 is 28.6 Å². The molecule has 364 valence electrons. The average Bonchev–Trinajstić information content (AvgIpc) is 3.30. The zero-order valence-electron chi connectivity index (χ0n) is 41.4. The zero-order valence-corrected chi connectivity index (χ0v) is 41.4. The number of allylic oxidation sites excluding steroid dienone is 22. The summed E-state index contributed by atoms with van der Waals surface area (Å²) in [5, 5.41) is 0. The lowest BCUT2D eigenvalue weighted by Crippen LogP contribution is -2.30. The molecule has 6 nitrogen and oxygen atoms in total. The molecule has 0 aromatic carbocycles. The van der Waals surface area contributed by atoms with Crippen LogP contribution >= 0.6 is 0 Å². The number of esters is 3. The van der Waals surface area contributed by atoms with Gasteiger partial charge in [-0.05, 0) is 96.3 Å². The largest absolute Gasteiger partial charge is 0.462 e. The maximum atomic E-state index is 12.8. The average molecular weight is 897 g/mol. The predicted octanol–water partition coefficient (Wildman–Crippen LogP) is 17.1. The summed E-state index contributed by atoms with van der Waals surface area (Å²) in [5.41, 5.74) is 0. The molecule has 0 aliphatic heterocycles. The van der Waals surface area contributed by atoms with Gasteiger partial charge in [0.05, 0.1) is 0 Å². The molecule has 0 aromatic heterocycles. The van der Waals surface area contributed by atoms with Crippen LogP contribution in [-0.4, -0.2) is 37.2 Å². The van der Waals surface area contributed by atoms with Gasteiger partial charge in [-0.2, -0.15) is 0 Å². The van der Waals surface area contributed by atoms with Crippen LogP contribution in [0.5, 0.6) is 0 Å². The van der Waals surface area contributed by atoms with Crippen LogP contribution in [0.4, 0.5) is 0 Å². The van der Waals surface area contributed by atoms with Crippen molar-refractivity contribution in [2.24, 2.45) is 0 Å². The van der Waals surface area contributed by atoms with Gasteiger partial charge < -0.3 is 14.2 Å². The van der Waals surface area contributed by atoms with Gasteiger partial charge in [-0.15, -0.1) is 0 Å². The van der Waals surface area contributed by atoms with Crippen LogP contribution < -0.4 is 0 Å². The third kappa shape index (κ3) is 50.4. The van der Waals surface area contributed by atoms with Crippen molar-refractivity contribution in [3.63, 3.8) is 0 Å². The van der Waals surface area contributed by atoms with Crippen molar-refractivity contribution in [3.05, 3.63) is 134 Å². The van der Waals surface area contributed by atoms with Crippen molar-refractivity contribution in [2.75, 3.05) is 13.2 Å². The Balaban J connectivity index is 4.54. The van der Waals surface area contributed by atoms with Crippen LogP contribution in [0.2, 0.25) is 0 Å². The lowest BCUT2D eigenvalue weighted by molar-refractivity contribution is -0.167. The standard InChI is InChI=1S/C59H92O6/c1-4-7-10-13-16-19-22-25-27-29-30-32-34-37-40-43-46-49-52-58(61)64-55-56(54-63-57(60)51-48-45-42-39-36-33-24-21-18-15-12-9-6-3)65-59(62)53-50-47-44-41-38-35-31-28-26-23-20-17-14-11-8-5-2/h8-9,11-12,15-22,24-30,32-33,36,56H,4-7,10,13-14,23,31,34-35,37-55H2,1-3H3/b11-8+,12-9+,18-15+,19-16+,20-17+,24-21+,25-22+,28-26+,29-27+,32-30+,36-33+. The summed E-state index contributed by atoms with van der Waals surface area (Å²) >= 11 is 0. The topological polar surface area (TPSA) is 78.9 Å². The molecule has 0 aliphatic carbocycles. The number of ether oxygens (including phenoxy) is 3. The Hall–Kier alpha value is -4.45. The minimum absolute atomic E-state index is 0.114. The van der Waals surface area contributed by atoms with E-state index in [1.807, 2.05) is 36.5 Å². The normalized spacial score (nSPS) is 13.2. The van der Waals surface area contributed by atoms with Crippen LogP contribution in [0.25, 0.3) is 0 Å². The van der Waals surface area contributed by atoms with Gasteiger partial charge in [-0.25, -0.2) is 0 Å². The predicted molar refractivity (Wildman–Crippen MR) is 279 cm³/mol. The highest BCUT2D eigenvalue weighted by Gasteiger charge is 2.19. The summed E-state index contributed by atoms with van der Waals surface area (Å²) in [6, 6.07) is 0. The second-order valence-electron chi connectivity index (χ2n) is 16.5. The molecule has 0 spiro atoms. The quantitative estimate of drug-likeness (QED) is 0.0199. The van der Waals surface area contributed by atoms with Gasteiger partial charge in [0.2, 0.25) is 0 Å². The lowest BCUT2D eigenvalue weighted by atomic mass is 10.1. The molecular weight excluding hydrogens is 805 g/mol. The molecule has 0 fully saturated rings. The Morgan fingerprint density at radius 3 is 1.14 bits per heavy atom. The van der Waals surface area contributed by atoms with Gasteiger partial charge in [0.15, 0.2) is 6.10 Å². The van der Waals surface area contributed by atoms with E-state index in [4.69, 9.17) is 14.2 Å². The smallest absolute Gasteiger partial charge is 0.306 e. The number of carbonyl (C=O) groups excluding carboxylic acids is 3. The highest BCUT2D eigenvalue weighted by atomic mass is 16.6. The molecule has 0 rings (SSSR count). The van der Waals surface area contributed by atoms with E-state index in [9.17, 15) is 14.4 Å². The fourth-order valence-electron chi connectivity index (χ4n) is 6.48. The molecule has 0 heterocycles. The maximum Gasteiger partial charge on any atom is 0.306 e. The first-order chi connectivity index (χ1) is 32.0. The second-order valence-corrected chi connectivity index (χ2v) is 16.5. The Bertz CT molecular complexity index is 1450. The monoisotopic (exact) mass is 897 g/mol. The number of hydrogen-bond donors (Lipinski definition) is 0. The molecular formula is C59H92O6. The summed E-state index contributed by atoms with van der Waals surface area (Å²) in [6.07, 6.45) is 72.8. The van der Waals surface area contributed by atoms with Gasteiger partial charge in [0.1, 0.15) is 13.2 Å². The molecule has 6 heteroatoms. The highest BCUT2D eigenvalue weighted by molar-refractivity contribution is 5.71. The Kier molecular flexibility index (Phi) is 48.6. The number of hydrogen-bond acceptors (Lipinski definition) is 6. The van der Waals surface area contributed by atoms with E-state index in [2.05, 4.69) is 118 Å². The summed E-state index contributed by atoms with van der Waals surface area (Å²) < 4.78 is 16.7. The van der Waals surface area contributed by atoms with Crippen molar-refractivity contribution in [2.45, 2.75) is 207 Å². The first-order valence-corrected chi connectivity index (χ1v) is 25.8. The summed E-state index contributed by atoms with van der Waals surface area (Å²) in [6.45, 7) is 6.26. The molecule has 0 amide bonds. The summed E-state index contributed by atoms with van der Waals surface area (Å²) in [7, 11) is 0. The molecule has 0 N–H and O–H groups in total. The molecule has 0 aliphatic rings. The molecule has 0 saturated carbocycles. The van der Waals surface area contributed by atoms with Crippen molar-refractivity contribution in [3.8, 4) is 0 Å². The SMILES string of the molecule is CC/C=C/C=C/C=C/C=C/CCCCCC(=O)OCC(COC(=O)CCCCCCC/C=C/C=C/C=C/C=C/CCCCC)OC(=O)CCCCCCCC/C=C/C/C=C/C/C=C/CC. The van der Waals surface area contributed by atoms with Crippen LogP contribution in [0.1, 0.15) is 201 Å². The van der Waals surface area contributed by atoms with E-state index >= 15 is 0 Å². The fourth-order valence-corrected chi connectivity index (χ4v) is 6.48. The molecule has 65 heavy (non-hydrogen) atoms. The molecule has 1 unspecified atom stereocenters. The van der Waals surface area contributed by atoms with E-state index in [1.54, 1.807) is 0 Å². The van der Waals surface area contributed by atoms with Crippen LogP contribution in [-0.2, 0) is 28.6 Å². The Labute approximate surface area is 398 Å². The van der Waals surface area contributed by atoms with Gasteiger partial charge in [-0.3, -0.25) is 14.4 Å². The number of unbranched alkanes of at least 4 members (excludes halogenated alkanes) is 17. The minimum Gasteiger partial charge on any atom is -0.462 e. The summed E-state index contributed by atoms with van der Waals surface area (Å²) in [4.78, 5) is 38.0. The van der Waals surface area contributed by atoms with Crippen LogP contribution in [0.15, 0.2) is 134 Å². The van der Waals surface area contributed by atoms with Gasteiger partial charge >= 0.3 is 17.9 Å². The van der Waals surface area contributed by atoms with E-state index < -0.39 is 6.10 Å². The second kappa shape index (κ2) is 52.2. The first kappa shape index (κ1) is 60.5. The minimum atomic E-state index is -0.816. The van der Waals surface area contributed by atoms with Crippen molar-refractivity contribution in [1.82, 2.24) is 0 Å². The van der Waals surface area contributed by atoms with Crippen LogP contribution in [0.3, 0.4) is 0 Å². The zero-order chi connectivity index (χ0) is 47.2. The fraction of sp³-hybridized carbons (Fsp3) is 0.576. The highest BCUT2D eigenvalue weighted by Crippen LogP contribution is 2.13. The Morgan fingerprint density at radius 1 is 0.338 bits per heavy atom. The molecule has 0 bridgehead atoms. The van der Waals surface area contributed by atoms with E-state index in [0.29, 0.717) is 19.3 Å². The third-order valence-electron chi connectivity index (χ3n) is 10.3. The molecule has 0 radical (unpaired) electrons. The lowest BCUT2D eigenvalue weighted by Gasteiger charge is -2.18. The maximum absolute atomic E-state index is 12.8. The van der Waals surface area contributed by atoms with Crippen molar-refractivity contribution >= 4 is 17.9 Å². The van der Waals surface area contributed by atoms with Gasteiger partial charge in [0.25, 0.3) is 0 Å². The van der Waals surface area contributed by atoms with Gasteiger partial charge in [-0.1, -0.05) is 219 Å². The van der Waals surface area contributed by atoms with E-state index in [-0.39, 0.29) is 31.1 Å². The van der Waals surface area contributed by atoms with Crippen LogP contribution in [0, 0.1) is 0 Å². The third-order valence-corrected chi connectivity index (χ3v) is 10.3. The van der Waals surface area contributed by atoms with Gasteiger partial charge in [0, 0.05) is 19.3 Å². The molecule has 0 aromatic rings. The number of rotatable bonds is 44. The Morgan fingerprint density at radius 2 is 0.677 bits per heavy atom. The molecule has 1 atom stereocenters. The summed E-state index contributed by atoms with van der Waals surface area (Å²) in [5.74, 6) is -0.997. The number of carbonyl (C=O) groups is 3. The molecule has 0 saturated heterocycles. The van der Waals surface area contributed by atoms with E-state index in [0.717, 1.165) is 128 Å². The first-order valence-electron chi connectivity index (χ1n) is 25.8. The van der Waals surface area contributed by atoms with Crippen molar-refractivity contribution in [1.29, 1.82) is 0 Å².